The molecular weight excluding hydrogens is 378 g/mol. The molecule has 0 saturated carbocycles. The molecule has 10 heteroatoms. The van der Waals surface area contributed by atoms with E-state index in [2.05, 4.69) is 20.4 Å². The number of aryl methyl sites for hydroxylation is 2. The van der Waals surface area contributed by atoms with Crippen LogP contribution in [0.3, 0.4) is 0 Å². The predicted molar refractivity (Wildman–Crippen MR) is 91.9 cm³/mol. The Bertz CT molecular complexity index is 1030. The Kier molecular flexibility index (Phi) is 5.05. The molecule has 2 heterocycles. The predicted octanol–water partition coefficient (Wildman–Crippen LogP) is 3.32. The molecule has 1 N–H and O–H groups in total. The highest BCUT2D eigenvalue weighted by atomic mass is 19.4. The molecule has 1 amide bonds. The van der Waals surface area contributed by atoms with E-state index < -0.39 is 12.0 Å². The van der Waals surface area contributed by atoms with E-state index in [-0.39, 0.29) is 30.0 Å². The molecule has 0 aliphatic rings. The van der Waals surface area contributed by atoms with Crippen LogP contribution in [0, 0.1) is 19.7 Å². The standard InChI is InChI=1S/C18H17F4N5O/c1-9(12-4-6-13(19)7-5-12)23-15(28)8-14-10(2)24-17-25-16(18(20,21)22)26-27(17)11(14)3/h4-7,9H,8H2,1-3H3,(H,23,28). The zero-order chi connectivity index (χ0) is 20.6. The lowest BCUT2D eigenvalue weighted by Gasteiger charge is -2.16. The average Bonchev–Trinajstić information content (AvgIpc) is 3.03. The van der Waals surface area contributed by atoms with Crippen molar-refractivity contribution in [1.29, 1.82) is 0 Å². The van der Waals surface area contributed by atoms with Gasteiger partial charge in [-0.3, -0.25) is 4.79 Å². The van der Waals surface area contributed by atoms with Gasteiger partial charge in [0.1, 0.15) is 5.82 Å². The molecule has 0 spiro atoms. The van der Waals surface area contributed by atoms with Crippen LogP contribution in [-0.4, -0.2) is 25.5 Å². The van der Waals surface area contributed by atoms with Crippen molar-refractivity contribution in [3.63, 3.8) is 0 Å². The summed E-state index contributed by atoms with van der Waals surface area (Å²) in [7, 11) is 0. The minimum Gasteiger partial charge on any atom is -0.349 e. The van der Waals surface area contributed by atoms with Crippen molar-refractivity contribution in [3.05, 3.63) is 58.4 Å². The number of alkyl halides is 3. The summed E-state index contributed by atoms with van der Waals surface area (Å²) in [5.41, 5.74) is 1.95. The quantitative estimate of drug-likeness (QED) is 0.688. The van der Waals surface area contributed by atoms with Gasteiger partial charge in [0, 0.05) is 17.0 Å². The van der Waals surface area contributed by atoms with Crippen molar-refractivity contribution in [1.82, 2.24) is 24.9 Å². The largest absolute Gasteiger partial charge is 0.453 e. The molecule has 1 aromatic carbocycles. The molecule has 1 unspecified atom stereocenters. The first-order valence-corrected chi connectivity index (χ1v) is 8.41. The van der Waals surface area contributed by atoms with Crippen molar-refractivity contribution in [2.24, 2.45) is 0 Å². The maximum absolute atomic E-state index is 13.0. The third-order valence-electron chi connectivity index (χ3n) is 4.39. The Morgan fingerprint density at radius 2 is 1.82 bits per heavy atom. The van der Waals surface area contributed by atoms with Crippen molar-refractivity contribution in [3.8, 4) is 0 Å². The van der Waals surface area contributed by atoms with E-state index >= 15 is 0 Å². The third-order valence-corrected chi connectivity index (χ3v) is 4.39. The van der Waals surface area contributed by atoms with Crippen LogP contribution in [0.5, 0.6) is 0 Å². The summed E-state index contributed by atoms with van der Waals surface area (Å²) in [6.07, 6.45) is -4.77. The molecule has 0 bridgehead atoms. The Hall–Kier alpha value is -3.04. The van der Waals surface area contributed by atoms with Crippen LogP contribution >= 0.6 is 0 Å². The Labute approximate surface area is 157 Å². The van der Waals surface area contributed by atoms with Crippen molar-refractivity contribution in [2.45, 2.75) is 39.4 Å². The van der Waals surface area contributed by atoms with Gasteiger partial charge < -0.3 is 5.32 Å². The molecule has 3 rings (SSSR count). The Balaban J connectivity index is 1.83. The first-order chi connectivity index (χ1) is 13.1. The molecule has 0 aliphatic carbocycles. The van der Waals surface area contributed by atoms with E-state index in [4.69, 9.17) is 0 Å². The van der Waals surface area contributed by atoms with Gasteiger partial charge in [0.25, 0.3) is 11.6 Å². The molecule has 28 heavy (non-hydrogen) atoms. The summed E-state index contributed by atoms with van der Waals surface area (Å²) >= 11 is 0. The zero-order valence-corrected chi connectivity index (χ0v) is 15.3. The molecule has 0 saturated heterocycles. The van der Waals surface area contributed by atoms with E-state index in [1.165, 1.54) is 12.1 Å². The van der Waals surface area contributed by atoms with Crippen LogP contribution in [0.25, 0.3) is 5.78 Å². The fourth-order valence-electron chi connectivity index (χ4n) is 2.87. The molecule has 3 aromatic rings. The summed E-state index contributed by atoms with van der Waals surface area (Å²) in [6, 6.07) is 5.37. The SMILES string of the molecule is Cc1nc2nc(C(F)(F)F)nn2c(C)c1CC(=O)NC(C)c1ccc(F)cc1. The minimum atomic E-state index is -4.68. The number of benzene rings is 1. The first-order valence-electron chi connectivity index (χ1n) is 8.41. The second kappa shape index (κ2) is 7.17. The van der Waals surface area contributed by atoms with E-state index in [1.54, 1.807) is 32.9 Å². The maximum Gasteiger partial charge on any atom is 0.453 e. The monoisotopic (exact) mass is 395 g/mol. The lowest BCUT2D eigenvalue weighted by molar-refractivity contribution is -0.144. The van der Waals surface area contributed by atoms with Crippen LogP contribution in [0.15, 0.2) is 24.3 Å². The number of carbonyl (C=O) groups is 1. The summed E-state index contributed by atoms with van der Waals surface area (Å²) in [6.45, 7) is 4.91. The van der Waals surface area contributed by atoms with Gasteiger partial charge in [-0.15, -0.1) is 5.10 Å². The van der Waals surface area contributed by atoms with E-state index in [0.717, 1.165) is 10.1 Å². The van der Waals surface area contributed by atoms with Gasteiger partial charge >= 0.3 is 6.18 Å². The molecule has 2 aromatic heterocycles. The zero-order valence-electron chi connectivity index (χ0n) is 15.3. The highest BCUT2D eigenvalue weighted by Gasteiger charge is 2.37. The fraction of sp³-hybridized carbons (Fsp3) is 0.333. The highest BCUT2D eigenvalue weighted by molar-refractivity contribution is 5.79. The maximum atomic E-state index is 13.0. The number of carbonyl (C=O) groups excluding carboxylic acids is 1. The molecule has 148 valence electrons. The van der Waals surface area contributed by atoms with Gasteiger partial charge in [-0.2, -0.15) is 18.2 Å². The number of nitrogens with one attached hydrogen (secondary N) is 1. The molecule has 0 aliphatic heterocycles. The smallest absolute Gasteiger partial charge is 0.349 e. The van der Waals surface area contributed by atoms with Gasteiger partial charge in [0.15, 0.2) is 0 Å². The van der Waals surface area contributed by atoms with Crippen LogP contribution < -0.4 is 5.32 Å². The number of fused-ring (bicyclic) bond motifs is 1. The number of nitrogens with zero attached hydrogens (tertiary/aromatic N) is 4. The molecular formula is C18H17F4N5O. The van der Waals surface area contributed by atoms with Crippen molar-refractivity contribution >= 4 is 11.7 Å². The molecule has 1 atom stereocenters. The lowest BCUT2D eigenvalue weighted by atomic mass is 10.1. The van der Waals surface area contributed by atoms with Gasteiger partial charge in [0.05, 0.1) is 12.5 Å². The molecule has 0 radical (unpaired) electrons. The van der Waals surface area contributed by atoms with Crippen LogP contribution in [0.2, 0.25) is 0 Å². The second-order valence-electron chi connectivity index (χ2n) is 6.42. The topological polar surface area (TPSA) is 72.2 Å². The van der Waals surface area contributed by atoms with E-state index in [1.807, 2.05) is 0 Å². The Morgan fingerprint density at radius 1 is 1.18 bits per heavy atom. The first kappa shape index (κ1) is 19.7. The number of rotatable bonds is 4. The van der Waals surface area contributed by atoms with Crippen molar-refractivity contribution in [2.75, 3.05) is 0 Å². The fourth-order valence-corrected chi connectivity index (χ4v) is 2.87. The van der Waals surface area contributed by atoms with Gasteiger partial charge in [-0.25, -0.2) is 13.9 Å². The summed E-state index contributed by atoms with van der Waals surface area (Å²) in [5, 5.41) is 6.24. The van der Waals surface area contributed by atoms with E-state index in [0.29, 0.717) is 17.0 Å². The molecule has 0 fully saturated rings. The number of hydrogen-bond acceptors (Lipinski definition) is 4. The lowest BCUT2D eigenvalue weighted by Crippen LogP contribution is -2.29. The third kappa shape index (κ3) is 3.95. The van der Waals surface area contributed by atoms with Crippen LogP contribution in [0.4, 0.5) is 17.6 Å². The Morgan fingerprint density at radius 3 is 2.43 bits per heavy atom. The molecule has 6 nitrogen and oxygen atoms in total. The van der Waals surface area contributed by atoms with E-state index in [9.17, 15) is 22.4 Å². The number of aromatic nitrogens is 4. The average molecular weight is 395 g/mol. The van der Waals surface area contributed by atoms with Gasteiger partial charge in [0.2, 0.25) is 5.91 Å². The summed E-state index contributed by atoms with van der Waals surface area (Å²) < 4.78 is 52.5. The number of hydrogen-bond donors (Lipinski definition) is 1. The van der Waals surface area contributed by atoms with Crippen LogP contribution in [0.1, 0.15) is 41.3 Å². The summed E-state index contributed by atoms with van der Waals surface area (Å²) in [5.74, 6) is -2.18. The van der Waals surface area contributed by atoms with Crippen LogP contribution in [-0.2, 0) is 17.4 Å². The van der Waals surface area contributed by atoms with Crippen molar-refractivity contribution < 1.29 is 22.4 Å². The summed E-state index contributed by atoms with van der Waals surface area (Å²) in [4.78, 5) is 19.9. The van der Waals surface area contributed by atoms with Gasteiger partial charge in [-0.05, 0) is 38.5 Å². The second-order valence-corrected chi connectivity index (χ2v) is 6.42. The van der Waals surface area contributed by atoms with Gasteiger partial charge in [-0.1, -0.05) is 12.1 Å². The minimum absolute atomic E-state index is 0.0899. The highest BCUT2D eigenvalue weighted by Crippen LogP contribution is 2.27. The number of halogens is 4. The normalized spacial score (nSPS) is 13.0. The number of amides is 1.